The molecule has 0 bridgehead atoms. The van der Waals surface area contributed by atoms with Gasteiger partial charge in [-0.15, -0.1) is 0 Å². The first-order valence-corrected chi connectivity index (χ1v) is 15.2. The van der Waals surface area contributed by atoms with Crippen LogP contribution in [-0.2, 0) is 12.0 Å². The Morgan fingerprint density at radius 2 is 1.06 bits per heavy atom. The lowest BCUT2D eigenvalue weighted by molar-refractivity contribution is 0.294. The van der Waals surface area contributed by atoms with E-state index in [0.717, 1.165) is 0 Å². The first-order valence-electron chi connectivity index (χ1n) is 15.2. The van der Waals surface area contributed by atoms with Gasteiger partial charge in [0.25, 0.3) is 0 Å². The standard InChI is InChI=1S/C33H59N/c1-5-9-12-15-18-21-26-31-27-22-23-28-32(31)33(34-8-4,29-24-19-16-13-10-6-2)30-25-20-17-14-11-7-3/h8,22-23,27-28,34H,4-7,9-21,24-26,29-30H2,1-3H3. The fourth-order valence-corrected chi connectivity index (χ4v) is 5.53. The van der Waals surface area contributed by atoms with Gasteiger partial charge in [0.15, 0.2) is 0 Å². The van der Waals surface area contributed by atoms with E-state index in [4.69, 9.17) is 0 Å². The van der Waals surface area contributed by atoms with Crippen LogP contribution in [0.25, 0.3) is 0 Å². The van der Waals surface area contributed by atoms with Crippen molar-refractivity contribution in [3.8, 4) is 0 Å². The highest BCUT2D eigenvalue weighted by atomic mass is 15.0. The number of benzene rings is 1. The summed E-state index contributed by atoms with van der Waals surface area (Å²) in [7, 11) is 0. The third-order valence-electron chi connectivity index (χ3n) is 7.63. The van der Waals surface area contributed by atoms with E-state index in [0.29, 0.717) is 0 Å². The zero-order chi connectivity index (χ0) is 24.7. The minimum Gasteiger partial charge on any atom is -0.382 e. The lowest BCUT2D eigenvalue weighted by Crippen LogP contribution is -2.40. The van der Waals surface area contributed by atoms with E-state index in [1.807, 2.05) is 6.20 Å². The predicted octanol–water partition coefficient (Wildman–Crippen LogP) is 11.0. The Balaban J connectivity index is 2.89. The SMILES string of the molecule is C=CNC(CCCCCCCC)(CCCCCCCC)c1ccccc1CCCCCCCC. The molecule has 0 spiro atoms. The van der Waals surface area contributed by atoms with E-state index < -0.39 is 0 Å². The quantitative estimate of drug-likeness (QED) is 0.148. The summed E-state index contributed by atoms with van der Waals surface area (Å²) in [5, 5.41) is 3.84. The molecule has 0 heterocycles. The lowest BCUT2D eigenvalue weighted by Gasteiger charge is -2.37. The predicted molar refractivity (Wildman–Crippen MR) is 155 cm³/mol. The molecule has 0 atom stereocenters. The Labute approximate surface area is 214 Å². The summed E-state index contributed by atoms with van der Waals surface area (Å²) >= 11 is 0. The van der Waals surface area contributed by atoms with Gasteiger partial charge in [-0.25, -0.2) is 0 Å². The average Bonchev–Trinajstić information content (AvgIpc) is 2.85. The molecular weight excluding hydrogens is 410 g/mol. The van der Waals surface area contributed by atoms with Crippen LogP contribution in [0.4, 0.5) is 0 Å². The van der Waals surface area contributed by atoms with E-state index in [1.165, 1.54) is 135 Å². The Bertz CT molecular complexity index is 574. The highest BCUT2D eigenvalue weighted by Crippen LogP contribution is 2.36. The molecule has 1 rings (SSSR count). The van der Waals surface area contributed by atoms with Crippen molar-refractivity contribution in [2.45, 2.75) is 161 Å². The number of hydrogen-bond acceptors (Lipinski definition) is 1. The second kappa shape index (κ2) is 21.1. The summed E-state index contributed by atoms with van der Waals surface area (Å²) in [5.74, 6) is 0. The molecule has 1 aromatic carbocycles. The van der Waals surface area contributed by atoms with Gasteiger partial charge in [-0.2, -0.15) is 0 Å². The van der Waals surface area contributed by atoms with Crippen LogP contribution in [-0.4, -0.2) is 0 Å². The van der Waals surface area contributed by atoms with Gasteiger partial charge in [0.05, 0.1) is 5.54 Å². The monoisotopic (exact) mass is 469 g/mol. The van der Waals surface area contributed by atoms with Crippen LogP contribution in [0.3, 0.4) is 0 Å². The van der Waals surface area contributed by atoms with E-state index in [1.54, 1.807) is 11.1 Å². The van der Waals surface area contributed by atoms with Crippen molar-refractivity contribution >= 4 is 0 Å². The molecule has 0 aliphatic heterocycles. The zero-order valence-corrected chi connectivity index (χ0v) is 23.4. The maximum atomic E-state index is 4.13. The molecule has 1 heteroatoms. The Kier molecular flexibility index (Phi) is 19.1. The minimum absolute atomic E-state index is 0.0517. The van der Waals surface area contributed by atoms with Crippen molar-refractivity contribution in [2.75, 3.05) is 0 Å². The van der Waals surface area contributed by atoms with Gasteiger partial charge in [0.1, 0.15) is 0 Å². The number of rotatable bonds is 24. The fraction of sp³-hybridized carbons (Fsp3) is 0.758. The molecule has 0 aliphatic rings. The highest BCUT2D eigenvalue weighted by molar-refractivity contribution is 5.34. The third-order valence-corrected chi connectivity index (χ3v) is 7.63. The summed E-state index contributed by atoms with van der Waals surface area (Å²) in [6, 6.07) is 9.35. The topological polar surface area (TPSA) is 12.0 Å². The van der Waals surface area contributed by atoms with E-state index in [9.17, 15) is 0 Å². The lowest BCUT2D eigenvalue weighted by atomic mass is 9.77. The van der Waals surface area contributed by atoms with E-state index in [2.05, 4.69) is 56.9 Å². The first-order chi connectivity index (χ1) is 16.7. The van der Waals surface area contributed by atoms with Crippen molar-refractivity contribution < 1.29 is 0 Å². The van der Waals surface area contributed by atoms with Crippen molar-refractivity contribution in [3.05, 3.63) is 48.2 Å². The van der Waals surface area contributed by atoms with Crippen molar-refractivity contribution in [1.29, 1.82) is 0 Å². The maximum Gasteiger partial charge on any atom is 0.0622 e. The number of hydrogen-bond donors (Lipinski definition) is 1. The Hall–Kier alpha value is -1.24. The van der Waals surface area contributed by atoms with Gasteiger partial charge >= 0.3 is 0 Å². The number of nitrogens with one attached hydrogen (secondary N) is 1. The van der Waals surface area contributed by atoms with Crippen LogP contribution in [0, 0.1) is 0 Å². The molecule has 0 fully saturated rings. The molecule has 1 nitrogen and oxygen atoms in total. The van der Waals surface area contributed by atoms with Crippen LogP contribution in [0.2, 0.25) is 0 Å². The number of aryl methyl sites for hydroxylation is 1. The second-order valence-corrected chi connectivity index (χ2v) is 10.6. The molecule has 0 radical (unpaired) electrons. The summed E-state index contributed by atoms with van der Waals surface area (Å²) in [4.78, 5) is 0. The molecule has 1 N–H and O–H groups in total. The Morgan fingerprint density at radius 1 is 0.618 bits per heavy atom. The van der Waals surface area contributed by atoms with Gasteiger partial charge in [-0.3, -0.25) is 0 Å². The molecule has 0 saturated carbocycles. The van der Waals surface area contributed by atoms with Crippen molar-refractivity contribution in [3.63, 3.8) is 0 Å². The fourth-order valence-electron chi connectivity index (χ4n) is 5.53. The minimum atomic E-state index is 0.0517. The van der Waals surface area contributed by atoms with Gasteiger partial charge in [-0.1, -0.05) is 161 Å². The molecule has 1 aromatic rings. The molecule has 0 aliphatic carbocycles. The summed E-state index contributed by atoms with van der Waals surface area (Å²) in [6.07, 6.45) is 30.2. The maximum absolute atomic E-state index is 4.13. The van der Waals surface area contributed by atoms with Crippen molar-refractivity contribution in [2.24, 2.45) is 0 Å². The van der Waals surface area contributed by atoms with E-state index in [-0.39, 0.29) is 5.54 Å². The van der Waals surface area contributed by atoms with Gasteiger partial charge in [0.2, 0.25) is 0 Å². The second-order valence-electron chi connectivity index (χ2n) is 10.6. The Morgan fingerprint density at radius 3 is 1.56 bits per heavy atom. The van der Waals surface area contributed by atoms with Crippen LogP contribution in [0.15, 0.2) is 37.0 Å². The largest absolute Gasteiger partial charge is 0.382 e. The molecule has 0 unspecified atom stereocenters. The molecule has 34 heavy (non-hydrogen) atoms. The van der Waals surface area contributed by atoms with Crippen LogP contribution in [0.1, 0.15) is 160 Å². The molecular formula is C33H59N. The van der Waals surface area contributed by atoms with Gasteiger partial charge < -0.3 is 5.32 Å². The molecule has 196 valence electrons. The van der Waals surface area contributed by atoms with Crippen LogP contribution < -0.4 is 5.32 Å². The normalized spacial score (nSPS) is 11.6. The van der Waals surface area contributed by atoms with Crippen LogP contribution >= 0.6 is 0 Å². The third kappa shape index (κ3) is 13.0. The van der Waals surface area contributed by atoms with Crippen LogP contribution in [0.5, 0.6) is 0 Å². The molecule has 0 aromatic heterocycles. The summed E-state index contributed by atoms with van der Waals surface area (Å²) in [5.41, 5.74) is 3.19. The van der Waals surface area contributed by atoms with Gasteiger partial charge in [-0.05, 0) is 43.0 Å². The van der Waals surface area contributed by atoms with E-state index >= 15 is 0 Å². The average molecular weight is 470 g/mol. The smallest absolute Gasteiger partial charge is 0.0622 e. The number of unbranched alkanes of at least 4 members (excludes halogenated alkanes) is 15. The van der Waals surface area contributed by atoms with Crippen molar-refractivity contribution in [1.82, 2.24) is 5.32 Å². The summed E-state index contributed by atoms with van der Waals surface area (Å²) in [6.45, 7) is 11.0. The van der Waals surface area contributed by atoms with Gasteiger partial charge in [0, 0.05) is 0 Å². The molecule has 0 amide bonds. The highest BCUT2D eigenvalue weighted by Gasteiger charge is 2.31. The zero-order valence-electron chi connectivity index (χ0n) is 23.4. The first kappa shape index (κ1) is 30.8. The molecule has 0 saturated heterocycles. The summed E-state index contributed by atoms with van der Waals surface area (Å²) < 4.78 is 0.